The molecule has 2 saturated heterocycles. The van der Waals surface area contributed by atoms with Gasteiger partial charge >= 0.3 is 12.0 Å². The van der Waals surface area contributed by atoms with E-state index in [0.29, 0.717) is 32.6 Å². The molecule has 2 fully saturated rings. The quantitative estimate of drug-likeness (QED) is 0.672. The minimum Gasteiger partial charge on any atom is -0.481 e. The topological polar surface area (TPSA) is 96.9 Å². The molecular formula is C14H24N2O5. The molecule has 1 unspecified atom stereocenters. The van der Waals surface area contributed by atoms with Crippen molar-refractivity contribution in [1.82, 2.24) is 10.6 Å². The second-order valence-corrected chi connectivity index (χ2v) is 5.73. The summed E-state index contributed by atoms with van der Waals surface area (Å²) in [5, 5.41) is 14.8. The predicted octanol–water partition coefficient (Wildman–Crippen LogP) is 0.736. The van der Waals surface area contributed by atoms with Crippen LogP contribution in [0.2, 0.25) is 0 Å². The van der Waals surface area contributed by atoms with Crippen molar-refractivity contribution in [2.24, 2.45) is 5.41 Å². The Labute approximate surface area is 124 Å². The molecule has 0 aromatic carbocycles. The van der Waals surface area contributed by atoms with Crippen LogP contribution in [-0.4, -0.2) is 56.1 Å². The summed E-state index contributed by atoms with van der Waals surface area (Å²) in [6.07, 6.45) is 4.03. The molecule has 2 aliphatic rings. The van der Waals surface area contributed by atoms with Crippen molar-refractivity contribution in [2.45, 2.75) is 38.2 Å². The number of ether oxygens (including phenoxy) is 2. The number of hydrogen-bond acceptors (Lipinski definition) is 4. The van der Waals surface area contributed by atoms with Crippen molar-refractivity contribution in [3.63, 3.8) is 0 Å². The lowest BCUT2D eigenvalue weighted by Gasteiger charge is -2.33. The molecular weight excluding hydrogens is 276 g/mol. The molecule has 0 aliphatic carbocycles. The van der Waals surface area contributed by atoms with Gasteiger partial charge in [-0.05, 0) is 32.1 Å². The number of amides is 2. The van der Waals surface area contributed by atoms with E-state index in [1.165, 1.54) is 0 Å². The third-order valence-electron chi connectivity index (χ3n) is 4.27. The van der Waals surface area contributed by atoms with Crippen LogP contribution >= 0.6 is 0 Å². The van der Waals surface area contributed by atoms with E-state index in [1.54, 1.807) is 0 Å². The van der Waals surface area contributed by atoms with Gasteiger partial charge in [-0.15, -0.1) is 0 Å². The molecule has 2 amide bonds. The molecule has 120 valence electrons. The molecule has 0 spiro atoms. The van der Waals surface area contributed by atoms with E-state index in [9.17, 15) is 14.7 Å². The van der Waals surface area contributed by atoms with Gasteiger partial charge < -0.3 is 25.2 Å². The maximum atomic E-state index is 11.7. The number of rotatable bonds is 6. The van der Waals surface area contributed by atoms with Gasteiger partial charge in [0.2, 0.25) is 0 Å². The highest BCUT2D eigenvalue weighted by molar-refractivity contribution is 5.78. The highest BCUT2D eigenvalue weighted by Gasteiger charge is 2.40. The fourth-order valence-electron chi connectivity index (χ4n) is 2.76. The maximum absolute atomic E-state index is 11.7. The number of carbonyl (C=O) groups is 2. The minimum atomic E-state index is -0.899. The van der Waals surface area contributed by atoms with Crippen LogP contribution in [0.3, 0.4) is 0 Å². The van der Waals surface area contributed by atoms with Crippen LogP contribution in [0.5, 0.6) is 0 Å². The van der Waals surface area contributed by atoms with Crippen LogP contribution in [0.1, 0.15) is 32.1 Å². The summed E-state index contributed by atoms with van der Waals surface area (Å²) in [4.78, 5) is 23.2. The largest absolute Gasteiger partial charge is 0.481 e. The SMILES string of the molecule is O=C(NCCC1CCCO1)NCC1(C(=O)O)CCOCC1. The van der Waals surface area contributed by atoms with E-state index in [-0.39, 0.29) is 18.7 Å². The lowest BCUT2D eigenvalue weighted by Crippen LogP contribution is -2.49. The number of hydrogen-bond donors (Lipinski definition) is 3. The number of carboxylic acids is 1. The van der Waals surface area contributed by atoms with E-state index in [2.05, 4.69) is 10.6 Å². The molecule has 7 nitrogen and oxygen atoms in total. The summed E-state index contributed by atoms with van der Waals surface area (Å²) < 4.78 is 10.7. The number of nitrogens with one attached hydrogen (secondary N) is 2. The Kier molecular flexibility index (Phi) is 5.81. The van der Waals surface area contributed by atoms with Crippen molar-refractivity contribution >= 4 is 12.0 Å². The first-order valence-electron chi connectivity index (χ1n) is 7.57. The highest BCUT2D eigenvalue weighted by Crippen LogP contribution is 2.30. The Morgan fingerprint density at radius 3 is 2.57 bits per heavy atom. The first-order valence-corrected chi connectivity index (χ1v) is 7.57. The van der Waals surface area contributed by atoms with Crippen molar-refractivity contribution in [3.8, 4) is 0 Å². The fraction of sp³-hybridized carbons (Fsp3) is 0.857. The first kappa shape index (κ1) is 16.0. The standard InChI is InChI=1S/C14H24N2O5/c17-12(18)14(4-8-20-9-5-14)10-16-13(19)15-6-3-11-2-1-7-21-11/h11H,1-10H2,(H,17,18)(H2,15,16,19). The van der Waals surface area contributed by atoms with Crippen molar-refractivity contribution in [3.05, 3.63) is 0 Å². The molecule has 21 heavy (non-hydrogen) atoms. The molecule has 0 bridgehead atoms. The zero-order chi connectivity index (χ0) is 15.1. The van der Waals surface area contributed by atoms with Crippen LogP contribution in [0, 0.1) is 5.41 Å². The van der Waals surface area contributed by atoms with Gasteiger partial charge in [-0.3, -0.25) is 4.79 Å². The van der Waals surface area contributed by atoms with Gasteiger partial charge in [-0.1, -0.05) is 0 Å². The highest BCUT2D eigenvalue weighted by atomic mass is 16.5. The van der Waals surface area contributed by atoms with Crippen LogP contribution in [0.25, 0.3) is 0 Å². The van der Waals surface area contributed by atoms with Crippen LogP contribution in [0.4, 0.5) is 4.79 Å². The van der Waals surface area contributed by atoms with Gasteiger partial charge in [0.05, 0.1) is 11.5 Å². The molecule has 7 heteroatoms. The Morgan fingerprint density at radius 1 is 1.19 bits per heavy atom. The summed E-state index contributed by atoms with van der Waals surface area (Å²) in [7, 11) is 0. The lowest BCUT2D eigenvalue weighted by molar-refractivity contribution is -0.154. The summed E-state index contributed by atoms with van der Waals surface area (Å²) in [6, 6.07) is -0.319. The fourth-order valence-corrected chi connectivity index (χ4v) is 2.76. The third kappa shape index (κ3) is 4.57. The van der Waals surface area contributed by atoms with Gasteiger partial charge in [-0.25, -0.2) is 4.79 Å². The predicted molar refractivity (Wildman–Crippen MR) is 75.1 cm³/mol. The zero-order valence-electron chi connectivity index (χ0n) is 12.2. The van der Waals surface area contributed by atoms with Crippen LogP contribution in [0.15, 0.2) is 0 Å². The van der Waals surface area contributed by atoms with E-state index in [4.69, 9.17) is 9.47 Å². The van der Waals surface area contributed by atoms with Gasteiger partial charge in [0.15, 0.2) is 0 Å². The maximum Gasteiger partial charge on any atom is 0.314 e. The molecule has 2 rings (SSSR count). The summed E-state index contributed by atoms with van der Waals surface area (Å²) in [6.45, 7) is 2.33. The lowest BCUT2D eigenvalue weighted by atomic mass is 9.80. The van der Waals surface area contributed by atoms with Gasteiger partial charge in [0, 0.05) is 32.9 Å². The number of carboxylic acid groups (broad SMARTS) is 1. The number of urea groups is 1. The normalized spacial score (nSPS) is 24.5. The van der Waals surface area contributed by atoms with Crippen LogP contribution < -0.4 is 10.6 Å². The smallest absolute Gasteiger partial charge is 0.314 e. The Balaban J connectivity index is 1.67. The molecule has 0 aromatic rings. The average Bonchev–Trinajstić information content (AvgIpc) is 2.99. The molecule has 0 saturated carbocycles. The summed E-state index contributed by atoms with van der Waals surface area (Å²) in [5.41, 5.74) is -0.899. The van der Waals surface area contributed by atoms with Gasteiger partial charge in [0.25, 0.3) is 0 Å². The van der Waals surface area contributed by atoms with Crippen LogP contribution in [-0.2, 0) is 14.3 Å². The Hall–Kier alpha value is -1.34. The van der Waals surface area contributed by atoms with E-state index in [0.717, 1.165) is 25.9 Å². The van der Waals surface area contributed by atoms with Crippen molar-refractivity contribution in [1.29, 1.82) is 0 Å². The summed E-state index contributed by atoms with van der Waals surface area (Å²) in [5.74, 6) is -0.870. The average molecular weight is 300 g/mol. The molecule has 2 aliphatic heterocycles. The number of aliphatic carboxylic acids is 1. The van der Waals surface area contributed by atoms with E-state index < -0.39 is 11.4 Å². The van der Waals surface area contributed by atoms with E-state index in [1.807, 2.05) is 0 Å². The Bertz CT molecular complexity index is 362. The third-order valence-corrected chi connectivity index (χ3v) is 4.27. The van der Waals surface area contributed by atoms with E-state index >= 15 is 0 Å². The molecule has 0 radical (unpaired) electrons. The van der Waals surface area contributed by atoms with Crippen molar-refractivity contribution < 1.29 is 24.2 Å². The number of carbonyl (C=O) groups excluding carboxylic acids is 1. The van der Waals surface area contributed by atoms with Gasteiger partial charge in [-0.2, -0.15) is 0 Å². The molecule has 3 N–H and O–H groups in total. The first-order chi connectivity index (χ1) is 10.1. The second-order valence-electron chi connectivity index (χ2n) is 5.73. The second kappa shape index (κ2) is 7.61. The zero-order valence-corrected chi connectivity index (χ0v) is 12.2. The molecule has 0 aromatic heterocycles. The summed E-state index contributed by atoms with van der Waals surface area (Å²) >= 11 is 0. The molecule has 2 heterocycles. The Morgan fingerprint density at radius 2 is 1.95 bits per heavy atom. The van der Waals surface area contributed by atoms with Gasteiger partial charge in [0.1, 0.15) is 0 Å². The van der Waals surface area contributed by atoms with Crippen molar-refractivity contribution in [2.75, 3.05) is 32.9 Å². The minimum absolute atomic E-state index is 0.136. The monoisotopic (exact) mass is 300 g/mol. The molecule has 1 atom stereocenters.